The van der Waals surface area contributed by atoms with Gasteiger partial charge in [-0.3, -0.25) is 9.79 Å². The predicted octanol–water partition coefficient (Wildman–Crippen LogP) is 0.384. The third-order valence-corrected chi connectivity index (χ3v) is 6.55. The summed E-state index contributed by atoms with van der Waals surface area (Å²) in [7, 11) is -1.74. The summed E-state index contributed by atoms with van der Waals surface area (Å²) in [5.74, 6) is 0.800. The number of guanidine groups is 1. The zero-order valence-corrected chi connectivity index (χ0v) is 18.2. The largest absolute Gasteiger partial charge is 0.355 e. The molecular weight excluding hydrogens is 477 g/mol. The summed E-state index contributed by atoms with van der Waals surface area (Å²) in [4.78, 5) is 19.4. The van der Waals surface area contributed by atoms with E-state index in [0.717, 1.165) is 0 Å². The monoisotopic (exact) mass is 501 g/mol. The quantitative estimate of drug-likeness (QED) is 0.264. The topological polar surface area (TPSA) is 94.1 Å². The predicted molar refractivity (Wildman–Crippen MR) is 110 cm³/mol. The second-order valence-electron chi connectivity index (χ2n) is 5.30. The molecule has 0 atom stereocenters. The highest BCUT2D eigenvalue weighted by Gasteiger charge is 2.21. The number of thiophene rings is 1. The number of carbonyl (C=O) groups is 1. The summed E-state index contributed by atoms with van der Waals surface area (Å²) in [5, 5.41) is 4.88. The van der Waals surface area contributed by atoms with E-state index in [9.17, 15) is 13.2 Å². The van der Waals surface area contributed by atoms with Crippen LogP contribution in [-0.4, -0.2) is 76.4 Å². The Morgan fingerprint density at radius 3 is 2.40 bits per heavy atom. The zero-order valence-electron chi connectivity index (χ0n) is 14.3. The van der Waals surface area contributed by atoms with Crippen molar-refractivity contribution in [1.29, 1.82) is 0 Å². The molecule has 1 aliphatic rings. The lowest BCUT2D eigenvalue weighted by molar-refractivity contribution is -0.130. The maximum Gasteiger partial charge on any atom is 0.250 e. The van der Waals surface area contributed by atoms with Crippen LogP contribution < -0.4 is 10.0 Å². The number of amides is 1. The van der Waals surface area contributed by atoms with Gasteiger partial charge < -0.3 is 15.1 Å². The number of piperazine rings is 1. The highest BCUT2D eigenvalue weighted by molar-refractivity contribution is 14.0. The Morgan fingerprint density at radius 1 is 1.24 bits per heavy atom. The lowest BCUT2D eigenvalue weighted by Gasteiger charge is -2.36. The number of aliphatic imine (C=N–C) groups is 1. The molecule has 0 unspecified atom stereocenters. The summed E-state index contributed by atoms with van der Waals surface area (Å²) < 4.78 is 26.9. The molecular formula is C14H24IN5O3S2. The Balaban J connectivity index is 0.00000312. The highest BCUT2D eigenvalue weighted by Crippen LogP contribution is 2.14. The Morgan fingerprint density at radius 2 is 1.88 bits per heavy atom. The van der Waals surface area contributed by atoms with Crippen LogP contribution >= 0.6 is 35.3 Å². The number of rotatable bonds is 5. The van der Waals surface area contributed by atoms with Gasteiger partial charge in [-0.15, -0.1) is 35.3 Å². The lowest BCUT2D eigenvalue weighted by Crippen LogP contribution is -2.54. The van der Waals surface area contributed by atoms with E-state index in [4.69, 9.17) is 0 Å². The fraction of sp³-hybridized carbons (Fsp3) is 0.571. The smallest absolute Gasteiger partial charge is 0.250 e. The summed E-state index contributed by atoms with van der Waals surface area (Å²) in [6.45, 7) is 5.03. The SMILES string of the molecule is CN=C(NCCNS(=O)(=O)c1cccs1)N1CCN(C(C)=O)CC1.I. The average Bonchev–Trinajstić information content (AvgIpc) is 3.10. The molecule has 2 rings (SSSR count). The minimum absolute atomic E-state index is 0. The van der Waals surface area contributed by atoms with Crippen LogP contribution in [0.1, 0.15) is 6.92 Å². The van der Waals surface area contributed by atoms with Crippen LogP contribution in [0.25, 0.3) is 0 Å². The molecule has 2 heterocycles. The van der Waals surface area contributed by atoms with E-state index in [0.29, 0.717) is 42.9 Å². The van der Waals surface area contributed by atoms with Crippen molar-refractivity contribution in [3.63, 3.8) is 0 Å². The van der Waals surface area contributed by atoms with Gasteiger partial charge in [0.05, 0.1) is 0 Å². The van der Waals surface area contributed by atoms with Crippen molar-refractivity contribution in [2.24, 2.45) is 4.99 Å². The van der Waals surface area contributed by atoms with Crippen LogP contribution in [-0.2, 0) is 14.8 Å². The number of sulfonamides is 1. The first-order chi connectivity index (χ1) is 11.4. The summed E-state index contributed by atoms with van der Waals surface area (Å²) in [6.07, 6.45) is 0. The molecule has 1 aliphatic heterocycles. The molecule has 1 aromatic heterocycles. The Hall–Kier alpha value is -0.920. The van der Waals surface area contributed by atoms with Gasteiger partial charge in [0.25, 0.3) is 0 Å². The highest BCUT2D eigenvalue weighted by atomic mass is 127. The van der Waals surface area contributed by atoms with Crippen LogP contribution in [0.15, 0.2) is 26.7 Å². The molecule has 8 nitrogen and oxygen atoms in total. The molecule has 1 fully saturated rings. The number of halogens is 1. The molecule has 11 heteroatoms. The number of nitrogens with one attached hydrogen (secondary N) is 2. The van der Waals surface area contributed by atoms with Crippen molar-refractivity contribution in [1.82, 2.24) is 19.8 Å². The van der Waals surface area contributed by atoms with Gasteiger partial charge >= 0.3 is 0 Å². The Labute approximate surface area is 169 Å². The summed E-state index contributed by atoms with van der Waals surface area (Å²) >= 11 is 1.19. The molecule has 0 radical (unpaired) electrons. The van der Waals surface area contributed by atoms with Crippen molar-refractivity contribution in [3.8, 4) is 0 Å². The van der Waals surface area contributed by atoms with Crippen molar-refractivity contribution >= 4 is 57.2 Å². The van der Waals surface area contributed by atoms with Crippen LogP contribution in [0.5, 0.6) is 0 Å². The van der Waals surface area contributed by atoms with Gasteiger partial charge in [0.15, 0.2) is 5.96 Å². The first-order valence-corrected chi connectivity index (χ1v) is 10.0. The first-order valence-electron chi connectivity index (χ1n) is 7.68. The van der Waals surface area contributed by atoms with Crippen molar-refractivity contribution in [3.05, 3.63) is 17.5 Å². The van der Waals surface area contributed by atoms with Crippen LogP contribution in [0, 0.1) is 0 Å². The number of carbonyl (C=O) groups excluding carboxylic acids is 1. The molecule has 1 saturated heterocycles. The zero-order chi connectivity index (χ0) is 17.6. The minimum atomic E-state index is -3.43. The van der Waals surface area contributed by atoms with Crippen molar-refractivity contribution in [2.75, 3.05) is 46.3 Å². The normalized spacial score (nSPS) is 15.7. The van der Waals surface area contributed by atoms with E-state index in [1.165, 1.54) is 11.3 Å². The van der Waals surface area contributed by atoms with E-state index in [1.54, 1.807) is 36.4 Å². The third kappa shape index (κ3) is 6.38. The molecule has 0 aliphatic carbocycles. The lowest BCUT2D eigenvalue weighted by atomic mass is 10.3. The van der Waals surface area contributed by atoms with Gasteiger partial charge in [-0.25, -0.2) is 13.1 Å². The molecule has 25 heavy (non-hydrogen) atoms. The van der Waals surface area contributed by atoms with E-state index >= 15 is 0 Å². The van der Waals surface area contributed by atoms with Gasteiger partial charge in [0, 0.05) is 53.2 Å². The summed E-state index contributed by atoms with van der Waals surface area (Å²) in [5.41, 5.74) is 0. The number of hydrogen-bond donors (Lipinski definition) is 2. The fourth-order valence-corrected chi connectivity index (χ4v) is 4.48. The third-order valence-electron chi connectivity index (χ3n) is 3.70. The Bertz CT molecular complexity index is 671. The van der Waals surface area contributed by atoms with Crippen molar-refractivity contribution < 1.29 is 13.2 Å². The van der Waals surface area contributed by atoms with Crippen molar-refractivity contribution in [2.45, 2.75) is 11.1 Å². The van der Waals surface area contributed by atoms with E-state index in [2.05, 4.69) is 19.9 Å². The second-order valence-corrected chi connectivity index (χ2v) is 8.24. The maximum absolute atomic E-state index is 12.0. The molecule has 1 amide bonds. The maximum atomic E-state index is 12.0. The molecule has 142 valence electrons. The van der Waals surface area contributed by atoms with Gasteiger partial charge in [-0.05, 0) is 11.4 Å². The van der Waals surface area contributed by atoms with Gasteiger partial charge in [-0.2, -0.15) is 0 Å². The average molecular weight is 501 g/mol. The van der Waals surface area contributed by atoms with E-state index in [-0.39, 0.29) is 36.4 Å². The first kappa shape index (κ1) is 22.1. The second kappa shape index (κ2) is 10.3. The fourth-order valence-electron chi connectivity index (χ4n) is 2.41. The summed E-state index contributed by atoms with van der Waals surface area (Å²) in [6, 6.07) is 3.29. The van der Waals surface area contributed by atoms with Crippen LogP contribution in [0.3, 0.4) is 0 Å². The van der Waals surface area contributed by atoms with Gasteiger partial charge in [0.1, 0.15) is 4.21 Å². The number of nitrogens with zero attached hydrogens (tertiary/aromatic N) is 3. The molecule has 0 bridgehead atoms. The van der Waals surface area contributed by atoms with Gasteiger partial charge in [-0.1, -0.05) is 6.07 Å². The molecule has 1 aromatic rings. The van der Waals surface area contributed by atoms with Gasteiger partial charge in [0.2, 0.25) is 15.9 Å². The minimum Gasteiger partial charge on any atom is -0.355 e. The molecule has 0 aromatic carbocycles. The number of hydrogen-bond acceptors (Lipinski definition) is 5. The molecule has 0 saturated carbocycles. The van der Waals surface area contributed by atoms with E-state index in [1.807, 2.05) is 0 Å². The van der Waals surface area contributed by atoms with E-state index < -0.39 is 10.0 Å². The van der Waals surface area contributed by atoms with Crippen LogP contribution in [0.4, 0.5) is 0 Å². The Kier molecular flexibility index (Phi) is 9.10. The molecule has 0 spiro atoms. The molecule has 2 N–H and O–H groups in total. The standard InChI is InChI=1S/C14H23N5O3S2.HI/c1-12(20)18-7-9-19(10-8-18)14(15-2)16-5-6-17-24(21,22)13-4-3-11-23-13;/h3-4,11,17H,5-10H2,1-2H3,(H,15,16);1H. The van der Waals surface area contributed by atoms with Crippen LogP contribution in [0.2, 0.25) is 0 Å².